The van der Waals surface area contributed by atoms with Gasteiger partial charge in [-0.1, -0.05) is 0 Å². The second kappa shape index (κ2) is 9.32. The van der Waals surface area contributed by atoms with E-state index in [1.807, 2.05) is 0 Å². The lowest BCUT2D eigenvalue weighted by molar-refractivity contribution is -0.143. The quantitative estimate of drug-likeness (QED) is 0.691. The molecule has 1 aromatic rings. The molecule has 0 aromatic heterocycles. The van der Waals surface area contributed by atoms with Crippen LogP contribution in [-0.2, 0) is 17.1 Å². The lowest BCUT2D eigenvalue weighted by Gasteiger charge is -2.37. The van der Waals surface area contributed by atoms with Crippen molar-refractivity contribution in [2.24, 2.45) is 5.41 Å². The number of hydrogen-bond donors (Lipinski definition) is 2. The molecule has 1 aromatic carbocycles. The molecule has 2 N–H and O–H groups in total. The molecule has 0 unspecified atom stereocenters. The van der Waals surface area contributed by atoms with Gasteiger partial charge in [0.25, 0.3) is 5.91 Å². The van der Waals surface area contributed by atoms with E-state index in [4.69, 9.17) is 4.74 Å². The molecule has 2 rings (SSSR count). The normalized spacial score (nSPS) is 17.0. The zero-order chi connectivity index (χ0) is 20.3. The van der Waals surface area contributed by atoms with Crippen LogP contribution < -0.4 is 10.6 Å². The van der Waals surface area contributed by atoms with Crippen molar-refractivity contribution in [3.05, 3.63) is 34.9 Å². The molecule has 0 saturated carbocycles. The van der Waals surface area contributed by atoms with Gasteiger partial charge in [0, 0.05) is 24.6 Å². The summed E-state index contributed by atoms with van der Waals surface area (Å²) in [6.45, 7) is 1.78. The average molecular weight is 435 g/mol. The Kier molecular flexibility index (Phi) is 8.16. The third-order valence-electron chi connectivity index (χ3n) is 4.59. The average Bonchev–Trinajstić information content (AvgIpc) is 2.59. The van der Waals surface area contributed by atoms with E-state index in [1.165, 1.54) is 7.11 Å². The van der Waals surface area contributed by atoms with Crippen LogP contribution in [0.5, 0.6) is 0 Å². The maximum Gasteiger partial charge on any atom is 0.416 e. The van der Waals surface area contributed by atoms with Gasteiger partial charge in [-0.05, 0) is 44.1 Å². The largest absolute Gasteiger partial charge is 0.416 e. The maximum atomic E-state index is 12.9. The number of carbonyl (C=O) groups is 1. The molecular formula is C17H21ClF6N2O2. The Morgan fingerprint density at radius 3 is 2.00 bits per heavy atom. The molecule has 11 heteroatoms. The van der Waals surface area contributed by atoms with Gasteiger partial charge >= 0.3 is 12.4 Å². The van der Waals surface area contributed by atoms with Crippen LogP contribution in [0.25, 0.3) is 0 Å². The monoisotopic (exact) mass is 434 g/mol. The molecule has 28 heavy (non-hydrogen) atoms. The summed E-state index contributed by atoms with van der Waals surface area (Å²) in [5.74, 6) is -0.986. The minimum absolute atomic E-state index is 0. The fourth-order valence-electron chi connectivity index (χ4n) is 3.09. The standard InChI is InChI=1S/C17H20F6N2O2.ClH/c1-27-10-15(2-4-24-5-3-15)9-25-14(26)11-6-12(16(18,19)20)8-13(7-11)17(21,22)23;/h6-8,24H,2-5,9-10H2,1H3,(H,25,26);1H. The fourth-order valence-corrected chi connectivity index (χ4v) is 3.09. The number of ether oxygens (including phenoxy) is 1. The highest BCUT2D eigenvalue weighted by atomic mass is 35.5. The summed E-state index contributed by atoms with van der Waals surface area (Å²) in [7, 11) is 1.49. The van der Waals surface area contributed by atoms with Crippen LogP contribution in [0.1, 0.15) is 34.3 Å². The van der Waals surface area contributed by atoms with Gasteiger partial charge in [0.15, 0.2) is 0 Å². The van der Waals surface area contributed by atoms with Crippen LogP contribution in [-0.4, -0.2) is 39.3 Å². The third kappa shape index (κ3) is 6.25. The van der Waals surface area contributed by atoms with Crippen molar-refractivity contribution < 1.29 is 35.9 Å². The van der Waals surface area contributed by atoms with E-state index in [0.717, 1.165) is 0 Å². The van der Waals surface area contributed by atoms with Crippen LogP contribution in [0.4, 0.5) is 26.3 Å². The number of nitrogens with one attached hydrogen (secondary N) is 2. The van der Waals surface area contributed by atoms with E-state index in [1.54, 1.807) is 0 Å². The molecular weight excluding hydrogens is 414 g/mol. The third-order valence-corrected chi connectivity index (χ3v) is 4.59. The highest BCUT2D eigenvalue weighted by molar-refractivity contribution is 5.94. The Hall–Kier alpha value is -1.52. The molecule has 0 bridgehead atoms. The first-order valence-corrected chi connectivity index (χ1v) is 8.24. The minimum atomic E-state index is -5.00. The Balaban J connectivity index is 0.00000392. The number of amides is 1. The van der Waals surface area contributed by atoms with E-state index in [9.17, 15) is 31.1 Å². The van der Waals surface area contributed by atoms with Gasteiger partial charge in [0.1, 0.15) is 0 Å². The Morgan fingerprint density at radius 1 is 1.07 bits per heavy atom. The van der Waals surface area contributed by atoms with Crippen LogP contribution >= 0.6 is 12.4 Å². The Labute approximate surface area is 164 Å². The van der Waals surface area contributed by atoms with Crippen LogP contribution in [0.3, 0.4) is 0 Å². The molecule has 0 radical (unpaired) electrons. The van der Waals surface area contributed by atoms with Gasteiger partial charge < -0.3 is 15.4 Å². The summed E-state index contributed by atoms with van der Waals surface area (Å²) in [4.78, 5) is 12.3. The Morgan fingerprint density at radius 2 is 1.57 bits per heavy atom. The summed E-state index contributed by atoms with van der Waals surface area (Å²) < 4.78 is 82.7. The van der Waals surface area contributed by atoms with Crippen LogP contribution in [0.15, 0.2) is 18.2 Å². The summed E-state index contributed by atoms with van der Waals surface area (Å²) in [6.07, 6.45) is -8.67. The van der Waals surface area contributed by atoms with Crippen molar-refractivity contribution in [3.8, 4) is 0 Å². The summed E-state index contributed by atoms with van der Waals surface area (Å²) >= 11 is 0. The first-order valence-electron chi connectivity index (χ1n) is 8.24. The molecule has 0 aliphatic carbocycles. The summed E-state index contributed by atoms with van der Waals surface area (Å²) in [5, 5.41) is 5.62. The number of methoxy groups -OCH3 is 1. The van der Waals surface area contributed by atoms with E-state index in [0.29, 0.717) is 44.7 Å². The van der Waals surface area contributed by atoms with Crippen molar-refractivity contribution in [2.45, 2.75) is 25.2 Å². The van der Waals surface area contributed by atoms with Crippen molar-refractivity contribution in [2.75, 3.05) is 33.4 Å². The topological polar surface area (TPSA) is 50.4 Å². The number of halogens is 7. The van der Waals surface area contributed by atoms with Gasteiger partial charge in [-0.15, -0.1) is 12.4 Å². The van der Waals surface area contributed by atoms with Crippen molar-refractivity contribution >= 4 is 18.3 Å². The maximum absolute atomic E-state index is 12.9. The fraction of sp³-hybridized carbons (Fsp3) is 0.588. The first-order chi connectivity index (χ1) is 12.5. The molecule has 1 aliphatic heterocycles. The van der Waals surface area contributed by atoms with Gasteiger partial charge in [0.05, 0.1) is 17.7 Å². The van der Waals surface area contributed by atoms with E-state index in [2.05, 4.69) is 10.6 Å². The lowest BCUT2D eigenvalue weighted by atomic mass is 9.79. The molecule has 0 spiro atoms. The van der Waals surface area contributed by atoms with Crippen molar-refractivity contribution in [1.82, 2.24) is 10.6 Å². The van der Waals surface area contributed by atoms with Gasteiger partial charge in [-0.3, -0.25) is 4.79 Å². The summed E-state index contributed by atoms with van der Waals surface area (Å²) in [5.41, 5.74) is -4.13. The molecule has 1 saturated heterocycles. The molecule has 0 atom stereocenters. The predicted octanol–water partition coefficient (Wildman–Crippen LogP) is 3.89. The molecule has 1 amide bonds. The van der Waals surface area contributed by atoms with Gasteiger partial charge in [-0.25, -0.2) is 0 Å². The SMILES string of the molecule is COCC1(CNC(=O)c2cc(C(F)(F)F)cc(C(F)(F)F)c2)CCNCC1.Cl. The number of hydrogen-bond acceptors (Lipinski definition) is 3. The van der Waals surface area contributed by atoms with Crippen molar-refractivity contribution in [3.63, 3.8) is 0 Å². The zero-order valence-corrected chi connectivity index (χ0v) is 15.8. The summed E-state index contributed by atoms with van der Waals surface area (Å²) in [6, 6.07) is 0.849. The molecule has 1 fully saturated rings. The van der Waals surface area contributed by atoms with Gasteiger partial charge in [-0.2, -0.15) is 26.3 Å². The van der Waals surface area contributed by atoms with Crippen molar-refractivity contribution in [1.29, 1.82) is 0 Å². The molecule has 1 heterocycles. The first kappa shape index (κ1) is 24.5. The van der Waals surface area contributed by atoms with Gasteiger partial charge in [0.2, 0.25) is 0 Å². The van der Waals surface area contributed by atoms with E-state index in [-0.39, 0.29) is 25.0 Å². The smallest absolute Gasteiger partial charge is 0.384 e. The van der Waals surface area contributed by atoms with E-state index >= 15 is 0 Å². The molecule has 1 aliphatic rings. The number of rotatable bonds is 5. The zero-order valence-electron chi connectivity index (χ0n) is 15.0. The molecule has 4 nitrogen and oxygen atoms in total. The number of benzene rings is 1. The highest BCUT2D eigenvalue weighted by Crippen LogP contribution is 2.36. The Bertz CT molecular complexity index is 635. The second-order valence-electron chi connectivity index (χ2n) is 6.66. The van der Waals surface area contributed by atoms with E-state index < -0.39 is 40.4 Å². The highest BCUT2D eigenvalue weighted by Gasteiger charge is 2.38. The lowest BCUT2D eigenvalue weighted by Crippen LogP contribution is -2.47. The predicted molar refractivity (Wildman–Crippen MR) is 92.4 cm³/mol. The molecule has 160 valence electrons. The van der Waals surface area contributed by atoms with Crippen LogP contribution in [0.2, 0.25) is 0 Å². The second-order valence-corrected chi connectivity index (χ2v) is 6.66. The minimum Gasteiger partial charge on any atom is -0.384 e. The number of carbonyl (C=O) groups excluding carboxylic acids is 1. The van der Waals surface area contributed by atoms with Crippen LogP contribution in [0, 0.1) is 5.41 Å². The number of alkyl halides is 6. The number of piperidine rings is 1.